The number of amides is 3. The van der Waals surface area contributed by atoms with Crippen LogP contribution >= 0.6 is 0 Å². The number of ether oxygens (including phenoxy) is 1. The second-order valence-electron chi connectivity index (χ2n) is 15.8. The maximum atomic E-state index is 14.5. The van der Waals surface area contributed by atoms with Gasteiger partial charge in [0.1, 0.15) is 17.7 Å². The molecule has 6 aromatic rings. The number of carbonyl (C=O) groups is 2. The molecule has 3 fully saturated rings. The van der Waals surface area contributed by atoms with Gasteiger partial charge in [0.15, 0.2) is 17.4 Å². The SMILES string of the molecule is Cc1nc(C2CCN(CC3CN(c4ccc5c(N6CCC(=O)NC6=O)nn(C)c5c4)C3)CC2)[nH]c1-c1cnc(N)c(O[C@H](C)c2cc(F)ccc2-c2ccn(C)n2)c1. The van der Waals surface area contributed by atoms with E-state index in [2.05, 4.69) is 47.4 Å². The van der Waals surface area contributed by atoms with Crippen LogP contribution in [0, 0.1) is 18.7 Å². The number of halogens is 1. The Hall–Kier alpha value is -6.29. The third-order valence-corrected chi connectivity index (χ3v) is 11.8. The molecule has 0 aliphatic carbocycles. The third kappa shape index (κ3) is 7.12. The van der Waals surface area contributed by atoms with Gasteiger partial charge in [0.2, 0.25) is 5.91 Å². The van der Waals surface area contributed by atoms with Gasteiger partial charge in [-0.25, -0.2) is 19.2 Å². The summed E-state index contributed by atoms with van der Waals surface area (Å²) in [4.78, 5) is 43.7. The van der Waals surface area contributed by atoms with Gasteiger partial charge in [-0.05, 0) is 88.3 Å². The number of rotatable bonds is 10. The fraction of sp³-hybridized carbons (Fsp3) is 0.381. The first-order valence-corrected chi connectivity index (χ1v) is 19.8. The van der Waals surface area contributed by atoms with E-state index in [1.165, 1.54) is 12.1 Å². The Morgan fingerprint density at radius 2 is 1.83 bits per heavy atom. The van der Waals surface area contributed by atoms with Crippen LogP contribution in [0.2, 0.25) is 0 Å². The van der Waals surface area contributed by atoms with Crippen LogP contribution in [0.1, 0.15) is 55.3 Å². The molecule has 16 heteroatoms. The molecule has 3 aliphatic heterocycles. The van der Waals surface area contributed by atoms with E-state index in [0.717, 1.165) is 96.2 Å². The number of likely N-dealkylation sites (tertiary alicyclic amines) is 1. The number of nitrogen functional groups attached to an aromatic ring is 1. The zero-order chi connectivity index (χ0) is 40.2. The summed E-state index contributed by atoms with van der Waals surface area (Å²) in [7, 11) is 3.73. The summed E-state index contributed by atoms with van der Waals surface area (Å²) < 4.78 is 24.3. The van der Waals surface area contributed by atoms with Crippen molar-refractivity contribution in [3.05, 3.63) is 83.8 Å². The Kier molecular flexibility index (Phi) is 9.58. The van der Waals surface area contributed by atoms with Crippen molar-refractivity contribution < 1.29 is 18.7 Å². The van der Waals surface area contributed by atoms with Crippen molar-refractivity contribution in [1.29, 1.82) is 0 Å². The summed E-state index contributed by atoms with van der Waals surface area (Å²) in [6.07, 6.45) is 5.34. The number of fused-ring (bicyclic) bond motifs is 1. The summed E-state index contributed by atoms with van der Waals surface area (Å²) in [5.41, 5.74) is 13.2. The van der Waals surface area contributed by atoms with E-state index in [1.54, 1.807) is 26.5 Å². The zero-order valence-corrected chi connectivity index (χ0v) is 33.1. The smallest absolute Gasteiger partial charge is 0.329 e. The lowest BCUT2D eigenvalue weighted by atomic mass is 9.93. The Balaban J connectivity index is 0.802. The molecular weight excluding hydrogens is 740 g/mol. The number of nitrogens with one attached hydrogen (secondary N) is 2. The molecule has 4 N–H and O–H groups in total. The number of benzene rings is 2. The standard InChI is InChI=1S/C42H47FN12O3/c1-24-38(28-17-36(39(44)45-20-28)58-25(2)33-18-29(43)5-7-31(33)34-11-13-51(3)49-34)48-40(46-24)27-9-14-53(15-10-27)21-26-22-54(23-26)30-6-8-32-35(19-30)52(4)50-41(32)55-16-12-37(56)47-42(55)57/h5-8,11,13,17-20,25-27H,9-10,12,14-16,21-23H2,1-4H3,(H2,44,45)(H,46,48)(H,47,56,57)/t25-/m1/s1. The number of urea groups is 1. The third-order valence-electron chi connectivity index (χ3n) is 11.8. The molecule has 3 saturated heterocycles. The van der Waals surface area contributed by atoms with Gasteiger partial charge in [0.25, 0.3) is 0 Å². The fourth-order valence-electron chi connectivity index (χ4n) is 8.60. The molecule has 0 saturated carbocycles. The lowest BCUT2D eigenvalue weighted by molar-refractivity contribution is -0.120. The number of aromatic nitrogens is 7. The van der Waals surface area contributed by atoms with Crippen molar-refractivity contribution >= 4 is 40.2 Å². The Morgan fingerprint density at radius 1 is 1.02 bits per heavy atom. The van der Waals surface area contributed by atoms with Crippen molar-refractivity contribution in [2.45, 2.75) is 45.1 Å². The molecule has 300 valence electrons. The minimum absolute atomic E-state index is 0.249. The molecule has 9 rings (SSSR count). The normalized spacial score (nSPS) is 17.5. The fourth-order valence-corrected chi connectivity index (χ4v) is 8.60. The van der Waals surface area contributed by atoms with Crippen molar-refractivity contribution in [2.75, 3.05) is 54.8 Å². The number of nitrogens with two attached hydrogens (primary N) is 1. The summed E-state index contributed by atoms with van der Waals surface area (Å²) in [5.74, 6) is 2.51. The van der Waals surface area contributed by atoms with Crippen molar-refractivity contribution in [1.82, 2.24) is 44.7 Å². The Morgan fingerprint density at radius 3 is 2.59 bits per heavy atom. The van der Waals surface area contributed by atoms with E-state index >= 15 is 0 Å². The highest BCUT2D eigenvalue weighted by Crippen LogP contribution is 2.37. The summed E-state index contributed by atoms with van der Waals surface area (Å²) in [6.45, 7) is 9.24. The highest BCUT2D eigenvalue weighted by atomic mass is 19.1. The number of H-pyrrole nitrogens is 1. The van der Waals surface area contributed by atoms with E-state index in [1.807, 2.05) is 52.3 Å². The molecule has 4 aromatic heterocycles. The van der Waals surface area contributed by atoms with Crippen LogP contribution in [0.4, 0.5) is 26.5 Å². The number of anilines is 3. The van der Waals surface area contributed by atoms with E-state index < -0.39 is 12.1 Å². The monoisotopic (exact) mass is 786 g/mol. The number of piperidine rings is 1. The largest absolute Gasteiger partial charge is 0.482 e. The van der Waals surface area contributed by atoms with Gasteiger partial charge in [-0.1, -0.05) is 0 Å². The van der Waals surface area contributed by atoms with Gasteiger partial charge in [-0.3, -0.25) is 24.4 Å². The van der Waals surface area contributed by atoms with Gasteiger partial charge < -0.3 is 25.3 Å². The first-order valence-electron chi connectivity index (χ1n) is 19.8. The lowest BCUT2D eigenvalue weighted by Crippen LogP contribution is -2.52. The molecule has 0 unspecified atom stereocenters. The van der Waals surface area contributed by atoms with Crippen LogP contribution < -0.4 is 25.6 Å². The highest BCUT2D eigenvalue weighted by Gasteiger charge is 2.33. The maximum Gasteiger partial charge on any atom is 0.329 e. The Labute approximate surface area is 335 Å². The lowest BCUT2D eigenvalue weighted by Gasteiger charge is -2.44. The van der Waals surface area contributed by atoms with Gasteiger partial charge in [0.05, 0.1) is 22.6 Å². The summed E-state index contributed by atoms with van der Waals surface area (Å²) in [6, 6.07) is 14.2. The molecule has 3 aliphatic rings. The van der Waals surface area contributed by atoms with Gasteiger partial charge in [-0.2, -0.15) is 10.2 Å². The second-order valence-corrected chi connectivity index (χ2v) is 15.8. The van der Waals surface area contributed by atoms with Crippen LogP contribution in [0.3, 0.4) is 0 Å². The highest BCUT2D eigenvalue weighted by molar-refractivity contribution is 6.09. The maximum absolute atomic E-state index is 14.5. The molecule has 58 heavy (non-hydrogen) atoms. The van der Waals surface area contributed by atoms with E-state index in [-0.39, 0.29) is 24.0 Å². The quantitative estimate of drug-likeness (QED) is 0.157. The molecule has 1 atom stereocenters. The first-order chi connectivity index (χ1) is 28.0. The summed E-state index contributed by atoms with van der Waals surface area (Å²) >= 11 is 0. The zero-order valence-electron chi connectivity index (χ0n) is 33.1. The average Bonchev–Trinajstić information content (AvgIpc) is 3.90. The number of aryl methyl sites for hydroxylation is 3. The summed E-state index contributed by atoms with van der Waals surface area (Å²) in [5, 5.41) is 12.4. The predicted octanol–water partition coefficient (Wildman–Crippen LogP) is 5.69. The topological polar surface area (TPSA) is 168 Å². The number of imidazole rings is 1. The van der Waals surface area contributed by atoms with Gasteiger partial charge in [0, 0.05) is 98.7 Å². The minimum atomic E-state index is -0.532. The molecule has 0 spiro atoms. The average molecular weight is 787 g/mol. The predicted molar refractivity (Wildman–Crippen MR) is 219 cm³/mol. The number of imide groups is 1. The van der Waals surface area contributed by atoms with Crippen LogP contribution in [0.25, 0.3) is 33.4 Å². The van der Waals surface area contributed by atoms with Crippen molar-refractivity contribution in [2.24, 2.45) is 20.0 Å². The second kappa shape index (κ2) is 14.9. The number of carbonyl (C=O) groups excluding carboxylic acids is 2. The van der Waals surface area contributed by atoms with Crippen molar-refractivity contribution in [3.8, 4) is 28.3 Å². The molecule has 2 aromatic carbocycles. The van der Waals surface area contributed by atoms with Crippen molar-refractivity contribution in [3.63, 3.8) is 0 Å². The number of aromatic amines is 1. The van der Waals surface area contributed by atoms with E-state index in [4.69, 9.17) is 15.5 Å². The Bertz CT molecular complexity index is 2530. The first kappa shape index (κ1) is 37.3. The van der Waals surface area contributed by atoms with Crippen LogP contribution in [0.5, 0.6) is 5.75 Å². The molecule has 0 radical (unpaired) electrons. The number of hydrogen-bond donors (Lipinski definition) is 3. The molecule has 3 amide bonds. The van der Waals surface area contributed by atoms with Gasteiger partial charge in [-0.15, -0.1) is 0 Å². The van der Waals surface area contributed by atoms with Crippen LogP contribution in [-0.2, 0) is 18.9 Å². The van der Waals surface area contributed by atoms with Crippen LogP contribution in [-0.4, -0.2) is 90.6 Å². The molecular formula is C42H47FN12O3. The molecule has 15 nitrogen and oxygen atoms in total. The van der Waals surface area contributed by atoms with Gasteiger partial charge >= 0.3 is 6.03 Å². The molecule has 0 bridgehead atoms. The van der Waals surface area contributed by atoms with E-state index in [0.29, 0.717) is 35.5 Å². The number of hydrogen-bond acceptors (Lipinski definition) is 10. The van der Waals surface area contributed by atoms with Crippen LogP contribution in [0.15, 0.2) is 60.9 Å². The minimum Gasteiger partial charge on any atom is -0.482 e. The van der Waals surface area contributed by atoms with E-state index in [9.17, 15) is 14.0 Å². The molecule has 7 heterocycles. The number of nitrogens with zero attached hydrogens (tertiary/aromatic N) is 9. The number of pyridine rings is 1.